The van der Waals surface area contributed by atoms with Crippen molar-refractivity contribution in [2.75, 3.05) is 5.73 Å². The van der Waals surface area contributed by atoms with Gasteiger partial charge in [-0.25, -0.2) is 4.68 Å². The molecule has 0 saturated heterocycles. The highest BCUT2D eigenvalue weighted by Gasteiger charge is 2.11. The molecule has 0 amide bonds. The van der Waals surface area contributed by atoms with Crippen LogP contribution in [0.3, 0.4) is 0 Å². The molecule has 21 heavy (non-hydrogen) atoms. The van der Waals surface area contributed by atoms with Gasteiger partial charge in [0, 0.05) is 10.6 Å². The average Bonchev–Trinajstić information content (AvgIpc) is 2.84. The van der Waals surface area contributed by atoms with Gasteiger partial charge in [0.15, 0.2) is 0 Å². The Morgan fingerprint density at radius 3 is 2.48 bits per heavy atom. The zero-order chi connectivity index (χ0) is 15.0. The van der Waals surface area contributed by atoms with Crippen LogP contribution in [-0.4, -0.2) is 9.78 Å². The Morgan fingerprint density at radius 2 is 1.76 bits per heavy atom. The standard InChI is InChI=1S/C15H10Cl3N3/c16-10-2-1-3-11(7-10)21-8-14(19)15(20-21)9-4-5-12(17)13(18)6-9/h1-8H,19H2. The minimum atomic E-state index is 0.464. The van der Waals surface area contributed by atoms with E-state index in [4.69, 9.17) is 40.5 Å². The van der Waals surface area contributed by atoms with E-state index in [1.165, 1.54) is 0 Å². The summed E-state index contributed by atoms with van der Waals surface area (Å²) in [4.78, 5) is 0. The molecule has 1 aromatic heterocycles. The van der Waals surface area contributed by atoms with Crippen LogP contribution in [0.25, 0.3) is 16.9 Å². The maximum atomic E-state index is 6.04. The second-order valence-corrected chi connectivity index (χ2v) is 5.74. The van der Waals surface area contributed by atoms with Crippen LogP contribution in [0.2, 0.25) is 15.1 Å². The number of benzene rings is 2. The molecular weight excluding hydrogens is 329 g/mol. The van der Waals surface area contributed by atoms with E-state index in [-0.39, 0.29) is 0 Å². The molecule has 2 N–H and O–H groups in total. The minimum absolute atomic E-state index is 0.464. The van der Waals surface area contributed by atoms with E-state index >= 15 is 0 Å². The number of rotatable bonds is 2. The monoisotopic (exact) mass is 337 g/mol. The van der Waals surface area contributed by atoms with Gasteiger partial charge in [0.05, 0.1) is 27.6 Å². The summed E-state index contributed by atoms with van der Waals surface area (Å²) in [6, 6.07) is 12.7. The summed E-state index contributed by atoms with van der Waals surface area (Å²) >= 11 is 18.0. The number of anilines is 1. The van der Waals surface area contributed by atoms with E-state index in [2.05, 4.69) is 5.10 Å². The van der Waals surface area contributed by atoms with Crippen molar-refractivity contribution in [3.8, 4) is 16.9 Å². The minimum Gasteiger partial charge on any atom is -0.396 e. The molecule has 0 unspecified atom stereocenters. The lowest BCUT2D eigenvalue weighted by molar-refractivity contribution is 0.884. The first-order valence-electron chi connectivity index (χ1n) is 6.11. The molecule has 3 aromatic rings. The van der Waals surface area contributed by atoms with Gasteiger partial charge < -0.3 is 5.73 Å². The van der Waals surface area contributed by atoms with Gasteiger partial charge in [0.25, 0.3) is 0 Å². The first kappa shape index (κ1) is 14.3. The molecule has 0 atom stereocenters. The fourth-order valence-electron chi connectivity index (χ4n) is 2.01. The van der Waals surface area contributed by atoms with E-state index in [0.29, 0.717) is 26.4 Å². The molecule has 2 aromatic carbocycles. The fourth-order valence-corrected chi connectivity index (χ4v) is 2.49. The van der Waals surface area contributed by atoms with Gasteiger partial charge >= 0.3 is 0 Å². The van der Waals surface area contributed by atoms with Crippen LogP contribution in [0.4, 0.5) is 5.69 Å². The second-order valence-electron chi connectivity index (χ2n) is 4.49. The lowest BCUT2D eigenvalue weighted by Gasteiger charge is -2.02. The van der Waals surface area contributed by atoms with Crippen molar-refractivity contribution in [2.45, 2.75) is 0 Å². The highest BCUT2D eigenvalue weighted by Crippen LogP contribution is 2.31. The first-order valence-corrected chi connectivity index (χ1v) is 7.24. The molecule has 0 fully saturated rings. The maximum Gasteiger partial charge on any atom is 0.116 e. The highest BCUT2D eigenvalue weighted by molar-refractivity contribution is 6.42. The molecule has 0 aliphatic heterocycles. The summed E-state index contributed by atoms with van der Waals surface area (Å²) < 4.78 is 1.68. The second kappa shape index (κ2) is 5.60. The van der Waals surface area contributed by atoms with Crippen molar-refractivity contribution in [1.29, 1.82) is 0 Å². The number of hydrogen-bond acceptors (Lipinski definition) is 2. The largest absolute Gasteiger partial charge is 0.396 e. The third kappa shape index (κ3) is 2.86. The van der Waals surface area contributed by atoms with E-state index in [0.717, 1.165) is 11.3 Å². The van der Waals surface area contributed by atoms with Crippen molar-refractivity contribution in [2.24, 2.45) is 0 Å². The van der Waals surface area contributed by atoms with Crippen LogP contribution >= 0.6 is 34.8 Å². The van der Waals surface area contributed by atoms with Gasteiger partial charge in [-0.15, -0.1) is 0 Å². The normalized spacial score (nSPS) is 10.8. The van der Waals surface area contributed by atoms with E-state index < -0.39 is 0 Å². The van der Waals surface area contributed by atoms with Crippen molar-refractivity contribution < 1.29 is 0 Å². The zero-order valence-corrected chi connectivity index (χ0v) is 13.0. The third-order valence-corrected chi connectivity index (χ3v) is 3.98. The van der Waals surface area contributed by atoms with Gasteiger partial charge in [-0.05, 0) is 30.3 Å². The molecule has 0 saturated carbocycles. The van der Waals surface area contributed by atoms with Gasteiger partial charge in [-0.2, -0.15) is 5.10 Å². The van der Waals surface area contributed by atoms with Crippen LogP contribution in [0, 0.1) is 0 Å². The molecule has 0 aliphatic carbocycles. The lowest BCUT2D eigenvalue weighted by Crippen LogP contribution is -1.94. The molecular formula is C15H10Cl3N3. The Bertz CT molecular complexity index is 812. The Hall–Kier alpha value is -1.68. The summed E-state index contributed by atoms with van der Waals surface area (Å²) in [7, 11) is 0. The quantitative estimate of drug-likeness (QED) is 0.708. The topological polar surface area (TPSA) is 43.8 Å². The summed E-state index contributed by atoms with van der Waals surface area (Å²) in [5.74, 6) is 0. The highest BCUT2D eigenvalue weighted by atomic mass is 35.5. The molecule has 6 heteroatoms. The Kier molecular flexibility index (Phi) is 3.81. The number of nitrogens with zero attached hydrogens (tertiary/aromatic N) is 2. The molecule has 0 radical (unpaired) electrons. The average molecular weight is 339 g/mol. The smallest absolute Gasteiger partial charge is 0.116 e. The number of nitrogen functional groups attached to an aromatic ring is 1. The predicted octanol–water partition coefficient (Wildman–Crippen LogP) is 5.08. The molecule has 0 aliphatic rings. The Balaban J connectivity index is 2.07. The van der Waals surface area contributed by atoms with E-state index in [1.807, 2.05) is 24.3 Å². The van der Waals surface area contributed by atoms with Crippen molar-refractivity contribution >= 4 is 40.5 Å². The number of aromatic nitrogens is 2. The van der Waals surface area contributed by atoms with Gasteiger partial charge in [0.1, 0.15) is 5.69 Å². The van der Waals surface area contributed by atoms with Gasteiger partial charge in [0.2, 0.25) is 0 Å². The van der Waals surface area contributed by atoms with Gasteiger partial charge in [-0.3, -0.25) is 0 Å². The third-order valence-electron chi connectivity index (χ3n) is 3.01. The zero-order valence-electron chi connectivity index (χ0n) is 10.7. The molecule has 0 spiro atoms. The predicted molar refractivity (Wildman–Crippen MR) is 88.4 cm³/mol. The first-order chi connectivity index (χ1) is 10.0. The van der Waals surface area contributed by atoms with Crippen LogP contribution in [0.15, 0.2) is 48.7 Å². The van der Waals surface area contributed by atoms with Crippen molar-refractivity contribution in [1.82, 2.24) is 9.78 Å². The molecule has 3 nitrogen and oxygen atoms in total. The maximum absolute atomic E-state index is 6.04. The molecule has 1 heterocycles. The van der Waals surface area contributed by atoms with Crippen LogP contribution < -0.4 is 5.73 Å². The van der Waals surface area contributed by atoms with E-state index in [9.17, 15) is 0 Å². The SMILES string of the molecule is Nc1cn(-c2cccc(Cl)c2)nc1-c1ccc(Cl)c(Cl)c1. The van der Waals surface area contributed by atoms with Crippen LogP contribution in [0.1, 0.15) is 0 Å². The van der Waals surface area contributed by atoms with E-state index in [1.54, 1.807) is 29.1 Å². The summed E-state index contributed by atoms with van der Waals surface area (Å²) in [5, 5.41) is 6.09. The number of nitrogens with two attached hydrogens (primary N) is 1. The molecule has 106 valence electrons. The number of hydrogen-bond donors (Lipinski definition) is 1. The van der Waals surface area contributed by atoms with Gasteiger partial charge in [-0.1, -0.05) is 46.9 Å². The fraction of sp³-hybridized carbons (Fsp3) is 0. The van der Waals surface area contributed by atoms with Crippen molar-refractivity contribution in [3.05, 3.63) is 63.7 Å². The Morgan fingerprint density at radius 1 is 0.952 bits per heavy atom. The summed E-state index contributed by atoms with van der Waals surface area (Å²) in [6.07, 6.45) is 1.74. The summed E-state index contributed by atoms with van der Waals surface area (Å²) in [6.45, 7) is 0. The number of halogens is 3. The lowest BCUT2D eigenvalue weighted by atomic mass is 10.1. The Labute approximate surface area is 136 Å². The van der Waals surface area contributed by atoms with Crippen LogP contribution in [-0.2, 0) is 0 Å². The van der Waals surface area contributed by atoms with Crippen molar-refractivity contribution in [3.63, 3.8) is 0 Å². The summed E-state index contributed by atoms with van der Waals surface area (Å²) in [5.41, 5.74) is 8.88. The van der Waals surface area contributed by atoms with Crippen LogP contribution in [0.5, 0.6) is 0 Å². The molecule has 3 rings (SSSR count). The molecule has 0 bridgehead atoms.